The van der Waals surface area contributed by atoms with Crippen molar-refractivity contribution >= 4 is 5.91 Å². The summed E-state index contributed by atoms with van der Waals surface area (Å²) >= 11 is 0. The molecule has 0 spiro atoms. The number of imidazole rings is 1. The minimum absolute atomic E-state index is 0.394. The lowest BCUT2D eigenvalue weighted by Crippen LogP contribution is -2.49. The Labute approximate surface area is 102 Å². The molecule has 0 saturated heterocycles. The van der Waals surface area contributed by atoms with Crippen molar-refractivity contribution < 1.29 is 4.79 Å². The van der Waals surface area contributed by atoms with Crippen LogP contribution >= 0.6 is 0 Å². The number of carbonyl (C=O) groups excluding carboxylic acids is 1. The predicted octanol–water partition coefficient (Wildman–Crippen LogP) is 0.989. The summed E-state index contributed by atoms with van der Waals surface area (Å²) in [7, 11) is 0. The van der Waals surface area contributed by atoms with Crippen LogP contribution < -0.4 is 11.5 Å². The van der Waals surface area contributed by atoms with Crippen LogP contribution in [0.2, 0.25) is 0 Å². The largest absolute Gasteiger partial charge is 0.368 e. The first-order valence-corrected chi connectivity index (χ1v) is 5.94. The number of carbonyl (C=O) groups is 1. The second-order valence-corrected chi connectivity index (χ2v) is 5.02. The molecule has 0 aromatic carbocycles. The molecule has 5 nitrogen and oxygen atoms in total. The lowest BCUT2D eigenvalue weighted by Gasteiger charge is -2.20. The molecular formula is C12H22N4O. The molecule has 1 amide bonds. The number of nitrogens with two attached hydrogens (primary N) is 2. The first kappa shape index (κ1) is 13.7. The molecule has 5 heteroatoms. The number of hydrogen-bond donors (Lipinski definition) is 2. The Hall–Kier alpha value is -1.36. The molecule has 1 rings (SSSR count). The van der Waals surface area contributed by atoms with Crippen molar-refractivity contribution in [3.05, 3.63) is 18.2 Å². The number of aryl methyl sites for hydroxylation is 1. The Balaban J connectivity index is 2.52. The second-order valence-electron chi connectivity index (χ2n) is 5.02. The number of nitrogens with zero attached hydrogens (tertiary/aromatic N) is 2. The maximum absolute atomic E-state index is 11.1. The minimum Gasteiger partial charge on any atom is -0.368 e. The van der Waals surface area contributed by atoms with Crippen molar-refractivity contribution in [2.45, 2.75) is 51.6 Å². The average Bonchev–Trinajstić information content (AvgIpc) is 2.65. The molecule has 0 saturated carbocycles. The molecule has 4 N–H and O–H groups in total. The number of aromatic nitrogens is 2. The highest BCUT2D eigenvalue weighted by Crippen LogP contribution is 2.14. The zero-order valence-corrected chi connectivity index (χ0v) is 10.8. The lowest BCUT2D eigenvalue weighted by molar-refractivity contribution is -0.122. The third-order valence-corrected chi connectivity index (χ3v) is 2.92. The fourth-order valence-electron chi connectivity index (χ4n) is 1.75. The molecule has 0 aliphatic rings. The van der Waals surface area contributed by atoms with Crippen LogP contribution in [-0.2, 0) is 11.3 Å². The van der Waals surface area contributed by atoms with Crippen molar-refractivity contribution in [3.8, 4) is 0 Å². The predicted molar refractivity (Wildman–Crippen MR) is 67.3 cm³/mol. The summed E-state index contributed by atoms with van der Waals surface area (Å²) in [6.45, 7) is 6.70. The van der Waals surface area contributed by atoms with Crippen LogP contribution in [0.4, 0.5) is 0 Å². The highest BCUT2D eigenvalue weighted by atomic mass is 16.1. The molecular weight excluding hydrogens is 216 g/mol. The third kappa shape index (κ3) is 3.56. The molecule has 1 unspecified atom stereocenters. The van der Waals surface area contributed by atoms with Gasteiger partial charge in [0.15, 0.2) is 0 Å². The van der Waals surface area contributed by atoms with Gasteiger partial charge in [0.1, 0.15) is 5.82 Å². The van der Waals surface area contributed by atoms with Gasteiger partial charge in [-0.1, -0.05) is 13.8 Å². The normalized spacial score (nSPS) is 14.9. The molecule has 96 valence electrons. The van der Waals surface area contributed by atoms with E-state index in [1.807, 2.05) is 6.20 Å². The van der Waals surface area contributed by atoms with Gasteiger partial charge in [0, 0.05) is 24.9 Å². The van der Waals surface area contributed by atoms with Crippen LogP contribution in [0.15, 0.2) is 12.4 Å². The summed E-state index contributed by atoms with van der Waals surface area (Å²) in [4.78, 5) is 15.4. The average molecular weight is 238 g/mol. The van der Waals surface area contributed by atoms with Gasteiger partial charge >= 0.3 is 0 Å². The van der Waals surface area contributed by atoms with Gasteiger partial charge in [-0.25, -0.2) is 4.98 Å². The maximum atomic E-state index is 11.1. The van der Waals surface area contributed by atoms with E-state index in [-0.39, 0.29) is 0 Å². The molecule has 0 aliphatic heterocycles. The Bertz CT molecular complexity index is 382. The zero-order valence-electron chi connectivity index (χ0n) is 10.8. The molecule has 1 aromatic rings. The van der Waals surface area contributed by atoms with Crippen molar-refractivity contribution in [2.75, 3.05) is 0 Å². The zero-order chi connectivity index (χ0) is 13.1. The standard InChI is InChI=1S/C12H22N4O/c1-9(2)10-15-6-8-16(10)7-4-5-12(3,14)11(13)17/h6,8-9H,4-5,7,14H2,1-3H3,(H2,13,17). The van der Waals surface area contributed by atoms with E-state index in [0.717, 1.165) is 18.8 Å². The quantitative estimate of drug-likeness (QED) is 0.774. The van der Waals surface area contributed by atoms with Crippen molar-refractivity contribution in [2.24, 2.45) is 11.5 Å². The Morgan fingerprint density at radius 2 is 2.24 bits per heavy atom. The van der Waals surface area contributed by atoms with Crippen LogP contribution in [0.25, 0.3) is 0 Å². The Morgan fingerprint density at radius 1 is 1.59 bits per heavy atom. The van der Waals surface area contributed by atoms with Gasteiger partial charge < -0.3 is 16.0 Å². The van der Waals surface area contributed by atoms with Crippen LogP contribution in [0.1, 0.15) is 45.4 Å². The number of amides is 1. The summed E-state index contributed by atoms with van der Waals surface area (Å²) < 4.78 is 2.10. The first-order chi connectivity index (χ1) is 7.84. The van der Waals surface area contributed by atoms with Crippen LogP contribution in [-0.4, -0.2) is 21.0 Å². The molecule has 0 fully saturated rings. The van der Waals surface area contributed by atoms with E-state index in [1.54, 1.807) is 13.1 Å². The van der Waals surface area contributed by atoms with Crippen molar-refractivity contribution in [1.82, 2.24) is 9.55 Å². The van der Waals surface area contributed by atoms with Gasteiger partial charge in [-0.15, -0.1) is 0 Å². The van der Waals surface area contributed by atoms with Crippen LogP contribution in [0.3, 0.4) is 0 Å². The van der Waals surface area contributed by atoms with Gasteiger partial charge in [0.05, 0.1) is 5.54 Å². The van der Waals surface area contributed by atoms with E-state index in [4.69, 9.17) is 11.5 Å². The molecule has 1 atom stereocenters. The van der Waals surface area contributed by atoms with Gasteiger partial charge in [-0.05, 0) is 19.8 Å². The summed E-state index contributed by atoms with van der Waals surface area (Å²) in [5, 5.41) is 0. The van der Waals surface area contributed by atoms with E-state index in [1.165, 1.54) is 0 Å². The van der Waals surface area contributed by atoms with Crippen molar-refractivity contribution in [3.63, 3.8) is 0 Å². The number of rotatable bonds is 6. The Morgan fingerprint density at radius 3 is 2.76 bits per heavy atom. The lowest BCUT2D eigenvalue weighted by atomic mass is 9.96. The fraction of sp³-hybridized carbons (Fsp3) is 0.667. The molecule has 0 bridgehead atoms. The molecule has 0 radical (unpaired) electrons. The first-order valence-electron chi connectivity index (χ1n) is 5.94. The summed E-state index contributed by atoms with van der Waals surface area (Å²) in [6, 6.07) is 0. The van der Waals surface area contributed by atoms with Crippen LogP contribution in [0, 0.1) is 0 Å². The number of primary amides is 1. The molecule has 0 aliphatic carbocycles. The summed E-state index contributed by atoms with van der Waals surface area (Å²) in [6.07, 6.45) is 5.14. The fourth-order valence-corrected chi connectivity index (χ4v) is 1.75. The smallest absolute Gasteiger partial charge is 0.237 e. The van der Waals surface area contributed by atoms with E-state index in [9.17, 15) is 4.79 Å². The molecule has 17 heavy (non-hydrogen) atoms. The Kier molecular flexibility index (Phi) is 4.28. The topological polar surface area (TPSA) is 86.9 Å². The summed E-state index contributed by atoms with van der Waals surface area (Å²) in [5.41, 5.74) is 10.1. The summed E-state index contributed by atoms with van der Waals surface area (Å²) in [5.74, 6) is 1.00. The van der Waals surface area contributed by atoms with E-state index in [0.29, 0.717) is 12.3 Å². The number of hydrogen-bond acceptors (Lipinski definition) is 3. The SMILES string of the molecule is CC(C)c1nccn1CCCC(C)(N)C(N)=O. The van der Waals surface area contributed by atoms with Gasteiger partial charge in [0.25, 0.3) is 0 Å². The molecule has 1 aromatic heterocycles. The van der Waals surface area contributed by atoms with Gasteiger partial charge in [0.2, 0.25) is 5.91 Å². The minimum atomic E-state index is -0.918. The highest BCUT2D eigenvalue weighted by molar-refractivity contribution is 5.83. The monoisotopic (exact) mass is 238 g/mol. The third-order valence-electron chi connectivity index (χ3n) is 2.92. The second kappa shape index (κ2) is 5.31. The maximum Gasteiger partial charge on any atom is 0.237 e. The van der Waals surface area contributed by atoms with E-state index < -0.39 is 11.4 Å². The van der Waals surface area contributed by atoms with E-state index >= 15 is 0 Å². The van der Waals surface area contributed by atoms with Gasteiger partial charge in [-0.2, -0.15) is 0 Å². The van der Waals surface area contributed by atoms with Gasteiger partial charge in [-0.3, -0.25) is 4.79 Å². The van der Waals surface area contributed by atoms with E-state index in [2.05, 4.69) is 23.4 Å². The van der Waals surface area contributed by atoms with Crippen molar-refractivity contribution in [1.29, 1.82) is 0 Å². The van der Waals surface area contributed by atoms with Crippen LogP contribution in [0.5, 0.6) is 0 Å². The highest BCUT2D eigenvalue weighted by Gasteiger charge is 2.24. The molecule has 1 heterocycles.